The van der Waals surface area contributed by atoms with E-state index in [1.165, 1.54) is 0 Å². The Morgan fingerprint density at radius 1 is 1.43 bits per heavy atom. The number of carbonyl (C=O) groups excluding carboxylic acids is 1. The van der Waals surface area contributed by atoms with Crippen molar-refractivity contribution in [2.45, 2.75) is 38.3 Å². The van der Waals surface area contributed by atoms with E-state index in [2.05, 4.69) is 4.98 Å². The van der Waals surface area contributed by atoms with E-state index < -0.39 is 5.54 Å². The summed E-state index contributed by atoms with van der Waals surface area (Å²) in [5, 5.41) is 0. The number of carbonyl (C=O) groups is 1. The van der Waals surface area contributed by atoms with Gasteiger partial charge in [-0.3, -0.25) is 9.78 Å². The van der Waals surface area contributed by atoms with E-state index in [1.807, 2.05) is 17.0 Å². The van der Waals surface area contributed by atoms with Crippen LogP contribution in [0.25, 0.3) is 0 Å². The van der Waals surface area contributed by atoms with Crippen LogP contribution in [0.4, 0.5) is 0 Å². The lowest BCUT2D eigenvalue weighted by Crippen LogP contribution is -2.50. The molecule has 0 unspecified atom stereocenters. The minimum absolute atomic E-state index is 0.0389. The SMILES string of the molecule is CC(C)(N)C(=O)N1C[C@H]2CC[C@@H](Oc3cccnc3)[C@H]2C1. The average Bonchev–Trinajstić information content (AvgIpc) is 3.00. The maximum Gasteiger partial charge on any atom is 0.242 e. The highest BCUT2D eigenvalue weighted by molar-refractivity contribution is 5.85. The molecule has 2 fully saturated rings. The number of rotatable bonds is 3. The van der Waals surface area contributed by atoms with Crippen LogP contribution in [0, 0.1) is 11.8 Å². The van der Waals surface area contributed by atoms with Gasteiger partial charge < -0.3 is 15.4 Å². The molecule has 1 saturated heterocycles. The van der Waals surface area contributed by atoms with Gasteiger partial charge in [-0.15, -0.1) is 0 Å². The zero-order valence-electron chi connectivity index (χ0n) is 12.7. The molecule has 2 aliphatic rings. The second kappa shape index (κ2) is 5.30. The molecule has 114 valence electrons. The fraction of sp³-hybridized carbons (Fsp3) is 0.625. The van der Waals surface area contributed by atoms with E-state index >= 15 is 0 Å². The van der Waals surface area contributed by atoms with Gasteiger partial charge in [-0.05, 0) is 44.7 Å². The normalized spacial score (nSPS) is 28.5. The lowest BCUT2D eigenvalue weighted by molar-refractivity contribution is -0.135. The first-order valence-corrected chi connectivity index (χ1v) is 7.60. The molecule has 5 heteroatoms. The van der Waals surface area contributed by atoms with Crippen molar-refractivity contribution in [1.82, 2.24) is 9.88 Å². The largest absolute Gasteiger partial charge is 0.488 e. The van der Waals surface area contributed by atoms with Crippen molar-refractivity contribution < 1.29 is 9.53 Å². The molecule has 1 aromatic rings. The number of pyridine rings is 1. The second-order valence-corrected chi connectivity index (χ2v) is 6.78. The summed E-state index contributed by atoms with van der Waals surface area (Å²) in [6, 6.07) is 3.81. The molecule has 3 rings (SSSR count). The molecule has 1 saturated carbocycles. The van der Waals surface area contributed by atoms with Crippen molar-refractivity contribution in [2.24, 2.45) is 17.6 Å². The van der Waals surface area contributed by atoms with Crippen LogP contribution in [0.15, 0.2) is 24.5 Å². The van der Waals surface area contributed by atoms with E-state index in [4.69, 9.17) is 10.5 Å². The van der Waals surface area contributed by atoms with Crippen LogP contribution in [0.5, 0.6) is 5.75 Å². The number of fused-ring (bicyclic) bond motifs is 1. The number of nitrogens with zero attached hydrogens (tertiary/aromatic N) is 2. The van der Waals surface area contributed by atoms with Crippen molar-refractivity contribution in [1.29, 1.82) is 0 Å². The minimum atomic E-state index is -0.793. The summed E-state index contributed by atoms with van der Waals surface area (Å²) in [6.07, 6.45) is 5.83. The van der Waals surface area contributed by atoms with Gasteiger partial charge in [0.25, 0.3) is 0 Å². The van der Waals surface area contributed by atoms with Crippen LogP contribution >= 0.6 is 0 Å². The molecule has 1 aliphatic heterocycles. The number of hydrogen-bond donors (Lipinski definition) is 1. The number of aromatic nitrogens is 1. The van der Waals surface area contributed by atoms with E-state index in [-0.39, 0.29) is 12.0 Å². The zero-order chi connectivity index (χ0) is 15.0. The molecule has 2 N–H and O–H groups in total. The molecular weight excluding hydrogens is 266 g/mol. The Hall–Kier alpha value is -1.62. The number of ether oxygens (including phenoxy) is 1. The van der Waals surface area contributed by atoms with Gasteiger partial charge in [0.1, 0.15) is 11.9 Å². The Kier molecular flexibility index (Phi) is 3.61. The summed E-state index contributed by atoms with van der Waals surface area (Å²) in [7, 11) is 0. The molecule has 0 bridgehead atoms. The molecule has 5 nitrogen and oxygen atoms in total. The van der Waals surface area contributed by atoms with Gasteiger partial charge in [-0.25, -0.2) is 0 Å². The molecule has 0 radical (unpaired) electrons. The van der Waals surface area contributed by atoms with E-state index in [9.17, 15) is 4.79 Å². The van der Waals surface area contributed by atoms with Crippen LogP contribution < -0.4 is 10.5 Å². The molecule has 0 aromatic carbocycles. The molecule has 1 aromatic heterocycles. The monoisotopic (exact) mass is 289 g/mol. The van der Waals surface area contributed by atoms with Gasteiger partial charge in [-0.1, -0.05) is 0 Å². The van der Waals surface area contributed by atoms with Gasteiger partial charge in [0.05, 0.1) is 11.7 Å². The lowest BCUT2D eigenvalue weighted by Gasteiger charge is -2.27. The Balaban J connectivity index is 1.65. The summed E-state index contributed by atoms with van der Waals surface area (Å²) in [4.78, 5) is 18.3. The average molecular weight is 289 g/mol. The van der Waals surface area contributed by atoms with Crippen LogP contribution in [-0.2, 0) is 4.79 Å². The molecule has 21 heavy (non-hydrogen) atoms. The highest BCUT2D eigenvalue weighted by Crippen LogP contribution is 2.40. The predicted molar refractivity (Wildman–Crippen MR) is 79.7 cm³/mol. The first kappa shape index (κ1) is 14.3. The third kappa shape index (κ3) is 2.88. The highest BCUT2D eigenvalue weighted by Gasteiger charge is 2.46. The van der Waals surface area contributed by atoms with Crippen molar-refractivity contribution in [3.8, 4) is 5.75 Å². The zero-order valence-corrected chi connectivity index (χ0v) is 12.7. The van der Waals surface area contributed by atoms with Crippen molar-refractivity contribution in [3.05, 3.63) is 24.5 Å². The molecule has 1 aliphatic carbocycles. The maximum absolute atomic E-state index is 12.3. The van der Waals surface area contributed by atoms with Gasteiger partial charge in [0, 0.05) is 25.2 Å². The van der Waals surface area contributed by atoms with Crippen LogP contribution in [0.1, 0.15) is 26.7 Å². The first-order valence-electron chi connectivity index (χ1n) is 7.60. The number of amides is 1. The molecule has 1 amide bonds. The van der Waals surface area contributed by atoms with Crippen LogP contribution in [-0.4, -0.2) is 40.5 Å². The smallest absolute Gasteiger partial charge is 0.242 e. The Morgan fingerprint density at radius 2 is 2.24 bits per heavy atom. The van der Waals surface area contributed by atoms with Crippen molar-refractivity contribution in [3.63, 3.8) is 0 Å². The highest BCUT2D eigenvalue weighted by atomic mass is 16.5. The fourth-order valence-electron chi connectivity index (χ4n) is 3.53. The Bertz CT molecular complexity index is 512. The summed E-state index contributed by atoms with van der Waals surface area (Å²) in [6.45, 7) is 5.12. The summed E-state index contributed by atoms with van der Waals surface area (Å²) >= 11 is 0. The Morgan fingerprint density at radius 3 is 2.90 bits per heavy atom. The summed E-state index contributed by atoms with van der Waals surface area (Å²) in [5.74, 6) is 1.80. The molecule has 0 spiro atoms. The van der Waals surface area contributed by atoms with E-state index in [0.717, 1.165) is 31.7 Å². The van der Waals surface area contributed by atoms with Gasteiger partial charge in [0.15, 0.2) is 0 Å². The lowest BCUT2D eigenvalue weighted by atomic mass is 9.99. The second-order valence-electron chi connectivity index (χ2n) is 6.78. The van der Waals surface area contributed by atoms with E-state index in [0.29, 0.717) is 11.8 Å². The van der Waals surface area contributed by atoms with Gasteiger partial charge >= 0.3 is 0 Å². The minimum Gasteiger partial charge on any atom is -0.488 e. The first-order chi connectivity index (χ1) is 9.95. The number of nitrogens with two attached hydrogens (primary N) is 1. The van der Waals surface area contributed by atoms with E-state index in [1.54, 1.807) is 26.2 Å². The van der Waals surface area contributed by atoms with Crippen LogP contribution in [0.2, 0.25) is 0 Å². The van der Waals surface area contributed by atoms with Gasteiger partial charge in [-0.2, -0.15) is 0 Å². The molecule has 3 atom stereocenters. The molecule has 2 heterocycles. The van der Waals surface area contributed by atoms with Crippen molar-refractivity contribution in [2.75, 3.05) is 13.1 Å². The fourth-order valence-corrected chi connectivity index (χ4v) is 3.53. The van der Waals surface area contributed by atoms with Crippen LogP contribution in [0.3, 0.4) is 0 Å². The maximum atomic E-state index is 12.3. The Labute approximate surface area is 125 Å². The predicted octanol–water partition coefficient (Wildman–Crippen LogP) is 1.43. The standard InChI is InChI=1S/C16H23N3O2/c1-16(2,17)15(20)19-9-11-5-6-14(13(11)10-19)21-12-4-3-7-18-8-12/h3-4,7-8,11,13-14H,5-6,9-10,17H2,1-2H3/t11-,13+,14-/m1/s1. The summed E-state index contributed by atoms with van der Waals surface area (Å²) in [5.41, 5.74) is 5.14. The van der Waals surface area contributed by atoms with Crippen molar-refractivity contribution >= 4 is 5.91 Å². The topological polar surface area (TPSA) is 68.5 Å². The van der Waals surface area contributed by atoms with Gasteiger partial charge in [0.2, 0.25) is 5.91 Å². The molecular formula is C16H23N3O2. The summed E-state index contributed by atoms with van der Waals surface area (Å²) < 4.78 is 6.07. The third-order valence-corrected chi connectivity index (χ3v) is 4.55. The number of likely N-dealkylation sites (tertiary alicyclic amines) is 1. The number of hydrogen-bond acceptors (Lipinski definition) is 4. The third-order valence-electron chi connectivity index (χ3n) is 4.55. The quantitative estimate of drug-likeness (QED) is 0.914.